The molecule has 1 aliphatic rings. The van der Waals surface area contributed by atoms with E-state index in [-0.39, 0.29) is 5.72 Å². The summed E-state index contributed by atoms with van der Waals surface area (Å²) in [5.74, 6) is 0. The predicted molar refractivity (Wildman–Crippen MR) is 22.9 cm³/mol. The van der Waals surface area contributed by atoms with Crippen LogP contribution in [0.15, 0.2) is 0 Å². The van der Waals surface area contributed by atoms with Crippen molar-refractivity contribution < 1.29 is 4.84 Å². The average molecular weight is 87.1 g/mol. The minimum atomic E-state index is 0.0417. The minimum absolute atomic E-state index is 0.0417. The molecule has 1 unspecified atom stereocenters. The van der Waals surface area contributed by atoms with Crippen molar-refractivity contribution in [3.8, 4) is 0 Å². The van der Waals surface area contributed by atoms with Crippen LogP contribution in [0.25, 0.3) is 0 Å². The van der Waals surface area contributed by atoms with Crippen molar-refractivity contribution in [1.82, 2.24) is 5.48 Å². The van der Waals surface area contributed by atoms with Crippen LogP contribution in [0.2, 0.25) is 0 Å². The molecule has 0 aromatic heterocycles. The van der Waals surface area contributed by atoms with Gasteiger partial charge in [-0.1, -0.05) is 6.92 Å². The van der Waals surface area contributed by atoms with Crippen LogP contribution >= 0.6 is 0 Å². The van der Waals surface area contributed by atoms with E-state index < -0.39 is 0 Å². The first-order valence-corrected chi connectivity index (χ1v) is 2.22. The topological polar surface area (TPSA) is 34.5 Å². The normalized spacial score (nSPS) is 43.0. The molecule has 0 aromatic carbocycles. The Morgan fingerprint density at radius 2 is 2.33 bits per heavy atom. The lowest BCUT2D eigenvalue weighted by Crippen LogP contribution is -2.04. The zero-order valence-corrected chi connectivity index (χ0v) is 4.12. The van der Waals surface area contributed by atoms with Gasteiger partial charge in [-0.3, -0.25) is 4.84 Å². The molecule has 2 heteroatoms. The van der Waals surface area contributed by atoms with Crippen molar-refractivity contribution in [2.24, 2.45) is 0 Å². The highest BCUT2D eigenvalue weighted by Crippen LogP contribution is 2.20. The van der Waals surface area contributed by atoms with E-state index in [4.69, 9.17) is 4.84 Å². The lowest BCUT2D eigenvalue weighted by Gasteiger charge is -1.88. The second-order valence-corrected chi connectivity index (χ2v) is 1.79. The van der Waals surface area contributed by atoms with Crippen molar-refractivity contribution in [3.05, 3.63) is 0 Å². The summed E-state index contributed by atoms with van der Waals surface area (Å²) < 4.78 is 0. The number of nitrogens with one attached hydrogen (secondary N) is 1. The van der Waals surface area contributed by atoms with E-state index in [0.29, 0.717) is 0 Å². The first-order chi connectivity index (χ1) is 2.77. The van der Waals surface area contributed by atoms with Crippen molar-refractivity contribution in [1.29, 1.82) is 0 Å². The van der Waals surface area contributed by atoms with Crippen LogP contribution in [0.4, 0.5) is 0 Å². The van der Waals surface area contributed by atoms with Gasteiger partial charge in [-0.25, -0.2) is 0 Å². The predicted octanol–water partition coefficient (Wildman–Crippen LogP) is 0.647. The second-order valence-electron chi connectivity index (χ2n) is 1.79. The Morgan fingerprint density at radius 1 is 1.83 bits per heavy atom. The van der Waals surface area contributed by atoms with Gasteiger partial charge in [-0.2, -0.15) is 5.48 Å². The Kier molecular flexibility index (Phi) is 0.648. The van der Waals surface area contributed by atoms with Crippen LogP contribution in [0.3, 0.4) is 0 Å². The summed E-state index contributed by atoms with van der Waals surface area (Å²) in [4.78, 5) is 4.80. The van der Waals surface area contributed by atoms with E-state index in [0.717, 1.165) is 6.42 Å². The highest BCUT2D eigenvalue weighted by molar-refractivity contribution is 4.73. The monoisotopic (exact) mass is 87.1 g/mol. The quantitative estimate of drug-likeness (QED) is 0.476. The first kappa shape index (κ1) is 4.09. The van der Waals surface area contributed by atoms with Gasteiger partial charge < -0.3 is 0 Å². The van der Waals surface area contributed by atoms with Gasteiger partial charge in [-0.15, -0.1) is 0 Å². The Bertz CT molecular complexity index is 58.6. The molecule has 0 aliphatic carbocycles. The van der Waals surface area contributed by atoms with Crippen molar-refractivity contribution >= 4 is 0 Å². The summed E-state index contributed by atoms with van der Waals surface area (Å²) in [6.07, 6.45) is 1.05. The van der Waals surface area contributed by atoms with Crippen LogP contribution in [-0.4, -0.2) is 5.72 Å². The second kappa shape index (κ2) is 0.950. The summed E-state index contributed by atoms with van der Waals surface area (Å²) in [6, 6.07) is 0. The van der Waals surface area contributed by atoms with Crippen LogP contribution < -0.4 is 5.48 Å². The van der Waals surface area contributed by atoms with Gasteiger partial charge in [0.25, 0.3) is 0 Å². The van der Waals surface area contributed by atoms with Crippen LogP contribution in [-0.2, 0) is 4.84 Å². The third-order valence-electron chi connectivity index (χ3n) is 1.13. The van der Waals surface area contributed by atoms with Crippen molar-refractivity contribution in [2.75, 3.05) is 0 Å². The summed E-state index contributed by atoms with van der Waals surface area (Å²) >= 11 is 0. The Balaban J connectivity index is 2.28. The van der Waals surface area contributed by atoms with Gasteiger partial charge in [0.2, 0.25) is 0 Å². The lowest BCUT2D eigenvalue weighted by molar-refractivity contribution is 0.302. The van der Waals surface area contributed by atoms with Gasteiger partial charge >= 0.3 is 0 Å². The molecular formula is C4H9NO. The maximum absolute atomic E-state index is 4.80. The number of hydroxylamine groups is 1. The lowest BCUT2D eigenvalue weighted by atomic mass is 10.2. The molecule has 36 valence electrons. The average Bonchev–Trinajstić information content (AvgIpc) is 2.22. The fourth-order valence-electron chi connectivity index (χ4n) is 0.231. The SMILES string of the molecule is CCC1(C)NO1. The molecule has 1 aliphatic heterocycles. The standard InChI is InChI=1S/C4H9NO/c1-3-4(2)5-6-4/h5H,3H2,1-2H3. The Hall–Kier alpha value is -0.0800. The van der Waals surface area contributed by atoms with E-state index in [1.807, 2.05) is 6.92 Å². The Labute approximate surface area is 37.4 Å². The summed E-state index contributed by atoms with van der Waals surface area (Å²) in [7, 11) is 0. The zero-order valence-electron chi connectivity index (χ0n) is 4.12. The molecule has 2 nitrogen and oxygen atoms in total. The molecule has 0 spiro atoms. The van der Waals surface area contributed by atoms with Crippen molar-refractivity contribution in [3.63, 3.8) is 0 Å². The third kappa shape index (κ3) is 0.533. The molecule has 0 bridgehead atoms. The molecule has 1 rings (SSSR count). The molecule has 1 saturated heterocycles. The molecule has 1 N–H and O–H groups in total. The van der Waals surface area contributed by atoms with E-state index in [2.05, 4.69) is 12.4 Å². The molecule has 0 aromatic rings. The fourth-order valence-corrected chi connectivity index (χ4v) is 0.231. The van der Waals surface area contributed by atoms with E-state index in [1.54, 1.807) is 0 Å². The molecule has 1 fully saturated rings. The minimum Gasteiger partial charge on any atom is -0.275 e. The maximum Gasteiger partial charge on any atom is 0.158 e. The highest BCUT2D eigenvalue weighted by Gasteiger charge is 2.36. The number of rotatable bonds is 1. The van der Waals surface area contributed by atoms with Crippen LogP contribution in [0.5, 0.6) is 0 Å². The molecule has 6 heavy (non-hydrogen) atoms. The van der Waals surface area contributed by atoms with E-state index in [9.17, 15) is 0 Å². The highest BCUT2D eigenvalue weighted by atomic mass is 16.8. The molecule has 1 atom stereocenters. The molecule has 0 amide bonds. The van der Waals surface area contributed by atoms with E-state index in [1.165, 1.54) is 0 Å². The zero-order chi connectivity index (χ0) is 4.62. The fraction of sp³-hybridized carbons (Fsp3) is 1.00. The van der Waals surface area contributed by atoms with Gasteiger partial charge in [0.1, 0.15) is 0 Å². The number of hydrogen-bond acceptors (Lipinski definition) is 2. The number of hydrogen-bond donors (Lipinski definition) is 1. The van der Waals surface area contributed by atoms with Gasteiger partial charge in [0, 0.05) is 0 Å². The molecular weight excluding hydrogens is 78.0 g/mol. The van der Waals surface area contributed by atoms with Gasteiger partial charge in [0.05, 0.1) is 0 Å². The summed E-state index contributed by atoms with van der Waals surface area (Å²) in [6.45, 7) is 4.10. The van der Waals surface area contributed by atoms with Gasteiger partial charge in [-0.05, 0) is 13.3 Å². The Morgan fingerprint density at radius 3 is 2.33 bits per heavy atom. The van der Waals surface area contributed by atoms with E-state index >= 15 is 0 Å². The molecule has 0 radical (unpaired) electrons. The third-order valence-corrected chi connectivity index (χ3v) is 1.13. The largest absolute Gasteiger partial charge is 0.275 e. The molecule has 1 heterocycles. The van der Waals surface area contributed by atoms with Crippen molar-refractivity contribution in [2.45, 2.75) is 26.0 Å². The first-order valence-electron chi connectivity index (χ1n) is 2.22. The maximum atomic E-state index is 4.80. The molecule has 0 saturated carbocycles. The van der Waals surface area contributed by atoms with Crippen LogP contribution in [0.1, 0.15) is 20.3 Å². The van der Waals surface area contributed by atoms with Crippen LogP contribution in [0, 0.1) is 0 Å². The summed E-state index contributed by atoms with van der Waals surface area (Å²) in [5.41, 5.74) is 2.80. The van der Waals surface area contributed by atoms with Gasteiger partial charge in [0.15, 0.2) is 5.72 Å². The smallest absolute Gasteiger partial charge is 0.158 e. The summed E-state index contributed by atoms with van der Waals surface area (Å²) in [5, 5.41) is 0.